The molecule has 0 saturated carbocycles. The summed E-state index contributed by atoms with van der Waals surface area (Å²) in [6.07, 6.45) is 1.36. The number of hydrogen-bond donors (Lipinski definition) is 2. The van der Waals surface area contributed by atoms with E-state index in [9.17, 15) is 4.79 Å². The SMILES string of the molecule is CCC[C@H](Nc1ccc(Cl)c(Cl)c1)C(=O)O. The summed E-state index contributed by atoms with van der Waals surface area (Å²) in [6.45, 7) is 1.94. The molecule has 0 amide bonds. The minimum Gasteiger partial charge on any atom is -0.480 e. The second-order valence-electron chi connectivity index (χ2n) is 3.45. The van der Waals surface area contributed by atoms with Gasteiger partial charge in [-0.25, -0.2) is 4.79 Å². The highest BCUT2D eigenvalue weighted by atomic mass is 35.5. The molecule has 2 N–H and O–H groups in total. The van der Waals surface area contributed by atoms with Crippen LogP contribution in [0.3, 0.4) is 0 Å². The fourth-order valence-electron chi connectivity index (χ4n) is 1.33. The Morgan fingerprint density at radius 2 is 2.12 bits per heavy atom. The molecule has 0 aliphatic heterocycles. The van der Waals surface area contributed by atoms with Crippen LogP contribution >= 0.6 is 23.2 Å². The summed E-state index contributed by atoms with van der Waals surface area (Å²) in [5.74, 6) is -0.868. The fourth-order valence-corrected chi connectivity index (χ4v) is 1.63. The van der Waals surface area contributed by atoms with E-state index < -0.39 is 12.0 Å². The number of carbonyl (C=O) groups is 1. The standard InChI is InChI=1S/C11H13Cl2NO2/c1-2-3-10(11(15)16)14-7-4-5-8(12)9(13)6-7/h4-6,10,14H,2-3H2,1H3,(H,15,16)/t10-/m0/s1. The monoisotopic (exact) mass is 261 g/mol. The molecule has 5 heteroatoms. The maximum Gasteiger partial charge on any atom is 0.326 e. The first-order valence-corrected chi connectivity index (χ1v) is 5.74. The summed E-state index contributed by atoms with van der Waals surface area (Å²) in [7, 11) is 0. The Bertz CT molecular complexity index is 382. The molecule has 0 heterocycles. The molecule has 0 bridgehead atoms. The Morgan fingerprint density at radius 1 is 1.44 bits per heavy atom. The van der Waals surface area contributed by atoms with E-state index in [1.165, 1.54) is 0 Å². The van der Waals surface area contributed by atoms with Gasteiger partial charge in [0.2, 0.25) is 0 Å². The van der Waals surface area contributed by atoms with Gasteiger partial charge in [0.25, 0.3) is 0 Å². The molecule has 1 rings (SSSR count). The largest absolute Gasteiger partial charge is 0.480 e. The number of benzene rings is 1. The number of anilines is 1. The van der Waals surface area contributed by atoms with Crippen molar-refractivity contribution in [2.45, 2.75) is 25.8 Å². The number of rotatable bonds is 5. The summed E-state index contributed by atoms with van der Waals surface area (Å²) in [6, 6.07) is 4.37. The van der Waals surface area contributed by atoms with Gasteiger partial charge >= 0.3 is 5.97 Å². The number of aliphatic carboxylic acids is 1. The third kappa shape index (κ3) is 3.58. The van der Waals surface area contributed by atoms with Crippen molar-refractivity contribution < 1.29 is 9.90 Å². The second kappa shape index (κ2) is 5.97. The molecule has 3 nitrogen and oxygen atoms in total. The normalized spacial score (nSPS) is 12.2. The Hall–Kier alpha value is -0.930. The highest BCUT2D eigenvalue weighted by Crippen LogP contribution is 2.25. The van der Waals surface area contributed by atoms with E-state index in [4.69, 9.17) is 28.3 Å². The lowest BCUT2D eigenvalue weighted by Gasteiger charge is -2.15. The van der Waals surface area contributed by atoms with E-state index in [0.29, 0.717) is 22.2 Å². The molecule has 1 aromatic rings. The molecular weight excluding hydrogens is 249 g/mol. The van der Waals surface area contributed by atoms with Gasteiger partial charge < -0.3 is 10.4 Å². The van der Waals surface area contributed by atoms with Crippen LogP contribution in [0.4, 0.5) is 5.69 Å². The quantitative estimate of drug-likeness (QED) is 0.851. The zero-order chi connectivity index (χ0) is 12.1. The van der Waals surface area contributed by atoms with E-state index >= 15 is 0 Å². The Labute approximate surface area is 104 Å². The first kappa shape index (κ1) is 13.1. The summed E-state index contributed by atoms with van der Waals surface area (Å²) in [5.41, 5.74) is 0.662. The molecule has 1 aromatic carbocycles. The van der Waals surface area contributed by atoms with Crippen LogP contribution in [0.25, 0.3) is 0 Å². The van der Waals surface area contributed by atoms with Gasteiger partial charge in [-0.1, -0.05) is 36.5 Å². The van der Waals surface area contributed by atoms with Crippen LogP contribution in [0.15, 0.2) is 18.2 Å². The lowest BCUT2D eigenvalue weighted by atomic mass is 10.1. The number of halogens is 2. The lowest BCUT2D eigenvalue weighted by molar-refractivity contribution is -0.138. The molecule has 0 radical (unpaired) electrons. The zero-order valence-electron chi connectivity index (χ0n) is 8.84. The van der Waals surface area contributed by atoms with Crippen LogP contribution in [-0.2, 0) is 4.79 Å². The van der Waals surface area contributed by atoms with E-state index in [0.717, 1.165) is 6.42 Å². The second-order valence-corrected chi connectivity index (χ2v) is 4.27. The van der Waals surface area contributed by atoms with Crippen LogP contribution in [0.2, 0.25) is 10.0 Å². The predicted octanol–water partition coefficient (Wildman–Crippen LogP) is 3.66. The van der Waals surface area contributed by atoms with Crippen LogP contribution in [0.1, 0.15) is 19.8 Å². The highest BCUT2D eigenvalue weighted by molar-refractivity contribution is 6.42. The fraction of sp³-hybridized carbons (Fsp3) is 0.364. The van der Waals surface area contributed by atoms with Gasteiger partial charge in [-0.3, -0.25) is 0 Å². The van der Waals surface area contributed by atoms with Gasteiger partial charge in [0.15, 0.2) is 0 Å². The Kier molecular flexibility index (Phi) is 4.90. The van der Waals surface area contributed by atoms with Gasteiger partial charge in [-0.05, 0) is 24.6 Å². The van der Waals surface area contributed by atoms with Crippen LogP contribution in [-0.4, -0.2) is 17.1 Å². The molecular formula is C11H13Cl2NO2. The molecule has 88 valence electrons. The number of hydrogen-bond acceptors (Lipinski definition) is 2. The number of nitrogens with one attached hydrogen (secondary N) is 1. The summed E-state index contributed by atoms with van der Waals surface area (Å²) in [5, 5.41) is 12.7. The van der Waals surface area contributed by atoms with Crippen molar-refractivity contribution in [3.05, 3.63) is 28.2 Å². The molecule has 0 aliphatic carbocycles. The van der Waals surface area contributed by atoms with Crippen LogP contribution in [0.5, 0.6) is 0 Å². The van der Waals surface area contributed by atoms with Crippen molar-refractivity contribution in [1.29, 1.82) is 0 Å². The molecule has 0 aliphatic rings. The summed E-state index contributed by atoms with van der Waals surface area (Å²) in [4.78, 5) is 10.9. The van der Waals surface area contributed by atoms with E-state index in [-0.39, 0.29) is 0 Å². The van der Waals surface area contributed by atoms with Crippen molar-refractivity contribution in [3.63, 3.8) is 0 Å². The third-order valence-electron chi connectivity index (χ3n) is 2.14. The van der Waals surface area contributed by atoms with E-state index in [2.05, 4.69) is 5.32 Å². The van der Waals surface area contributed by atoms with Crippen molar-refractivity contribution in [1.82, 2.24) is 0 Å². The molecule has 0 spiro atoms. The number of carboxylic acid groups (broad SMARTS) is 1. The molecule has 0 aromatic heterocycles. The minimum atomic E-state index is -0.868. The van der Waals surface area contributed by atoms with Gasteiger partial charge in [-0.15, -0.1) is 0 Å². The lowest BCUT2D eigenvalue weighted by Crippen LogP contribution is -2.28. The van der Waals surface area contributed by atoms with Gasteiger partial charge in [0, 0.05) is 5.69 Å². The Morgan fingerprint density at radius 3 is 2.62 bits per heavy atom. The molecule has 0 unspecified atom stereocenters. The average Bonchev–Trinajstić information content (AvgIpc) is 2.22. The van der Waals surface area contributed by atoms with Crippen LogP contribution < -0.4 is 5.32 Å². The third-order valence-corrected chi connectivity index (χ3v) is 2.87. The molecule has 16 heavy (non-hydrogen) atoms. The minimum absolute atomic E-state index is 0.410. The first-order chi connectivity index (χ1) is 7.54. The maximum absolute atomic E-state index is 10.9. The predicted molar refractivity (Wildman–Crippen MR) is 66.4 cm³/mol. The van der Waals surface area contributed by atoms with Crippen molar-refractivity contribution in [3.8, 4) is 0 Å². The van der Waals surface area contributed by atoms with Gasteiger partial charge in [-0.2, -0.15) is 0 Å². The average molecular weight is 262 g/mol. The highest BCUT2D eigenvalue weighted by Gasteiger charge is 2.15. The van der Waals surface area contributed by atoms with Gasteiger partial charge in [0.05, 0.1) is 10.0 Å². The first-order valence-electron chi connectivity index (χ1n) is 4.99. The summed E-state index contributed by atoms with van der Waals surface area (Å²) >= 11 is 11.6. The molecule has 1 atom stereocenters. The smallest absolute Gasteiger partial charge is 0.326 e. The van der Waals surface area contributed by atoms with Crippen molar-refractivity contribution >= 4 is 34.9 Å². The van der Waals surface area contributed by atoms with E-state index in [1.54, 1.807) is 18.2 Å². The Balaban J connectivity index is 2.77. The molecule has 0 saturated heterocycles. The van der Waals surface area contributed by atoms with Crippen molar-refractivity contribution in [2.75, 3.05) is 5.32 Å². The topological polar surface area (TPSA) is 49.3 Å². The summed E-state index contributed by atoms with van der Waals surface area (Å²) < 4.78 is 0. The number of carboxylic acids is 1. The maximum atomic E-state index is 10.9. The van der Waals surface area contributed by atoms with Gasteiger partial charge in [0.1, 0.15) is 6.04 Å². The van der Waals surface area contributed by atoms with E-state index in [1.807, 2.05) is 6.92 Å². The van der Waals surface area contributed by atoms with Crippen LogP contribution in [0, 0.1) is 0 Å². The van der Waals surface area contributed by atoms with Crippen molar-refractivity contribution in [2.24, 2.45) is 0 Å². The zero-order valence-corrected chi connectivity index (χ0v) is 10.3. The molecule has 0 fully saturated rings.